The summed E-state index contributed by atoms with van der Waals surface area (Å²) in [5.74, 6) is 0. The van der Waals surface area contributed by atoms with Gasteiger partial charge in [-0.05, 0) is 28.8 Å². The van der Waals surface area contributed by atoms with Gasteiger partial charge in [-0.1, -0.05) is 89.9 Å². The van der Waals surface area contributed by atoms with E-state index in [1.807, 2.05) is 43.0 Å². The molecule has 0 radical (unpaired) electrons. The van der Waals surface area contributed by atoms with E-state index < -0.39 is 0 Å². The summed E-state index contributed by atoms with van der Waals surface area (Å²) in [6.07, 6.45) is 10.1. The minimum atomic E-state index is -0.00385. The van der Waals surface area contributed by atoms with Crippen LogP contribution in [0, 0.1) is 0 Å². The standard InChI is InChI=1S/C27H21Cl2N3/c28-23-12-11-22(26(29)15-23)16-31-17-24(20-7-3-1-4-8-20)25(18-31)27(32-14-13-30-19-32)21-9-5-2-6-10-21/h1-15,17-19,27H,16H2/t27-/m1/s1. The number of nitrogens with zero attached hydrogens (tertiary/aromatic N) is 3. The molecule has 0 amide bonds. The van der Waals surface area contributed by atoms with Gasteiger partial charge in [0.25, 0.3) is 0 Å². The molecule has 0 fully saturated rings. The van der Waals surface area contributed by atoms with Crippen LogP contribution in [0.15, 0.2) is 110 Å². The minimum Gasteiger partial charge on any atom is -0.349 e. The Bertz CT molecular complexity index is 1310. The lowest BCUT2D eigenvalue weighted by Gasteiger charge is -2.20. The number of benzene rings is 3. The molecule has 0 spiro atoms. The summed E-state index contributed by atoms with van der Waals surface area (Å²) in [4.78, 5) is 4.32. The van der Waals surface area contributed by atoms with Crippen molar-refractivity contribution in [3.8, 4) is 11.1 Å². The largest absolute Gasteiger partial charge is 0.349 e. The van der Waals surface area contributed by atoms with E-state index in [4.69, 9.17) is 23.2 Å². The van der Waals surface area contributed by atoms with Crippen molar-refractivity contribution in [1.29, 1.82) is 0 Å². The predicted octanol–water partition coefficient (Wildman–Crippen LogP) is 7.34. The van der Waals surface area contributed by atoms with E-state index in [1.54, 1.807) is 6.07 Å². The van der Waals surface area contributed by atoms with Crippen molar-refractivity contribution in [1.82, 2.24) is 14.1 Å². The van der Waals surface area contributed by atoms with Crippen LogP contribution < -0.4 is 0 Å². The molecular weight excluding hydrogens is 437 g/mol. The van der Waals surface area contributed by atoms with Gasteiger partial charge in [-0.3, -0.25) is 0 Å². The number of aromatic nitrogens is 3. The summed E-state index contributed by atoms with van der Waals surface area (Å²) in [5.41, 5.74) is 5.77. The van der Waals surface area contributed by atoms with Gasteiger partial charge in [-0.2, -0.15) is 0 Å². The summed E-state index contributed by atoms with van der Waals surface area (Å²) in [5, 5.41) is 1.31. The van der Waals surface area contributed by atoms with Crippen LogP contribution in [-0.2, 0) is 6.54 Å². The Morgan fingerprint density at radius 3 is 2.28 bits per heavy atom. The molecule has 5 heteroatoms. The van der Waals surface area contributed by atoms with Gasteiger partial charge in [0.2, 0.25) is 0 Å². The first-order chi connectivity index (χ1) is 15.7. The Balaban J connectivity index is 1.66. The minimum absolute atomic E-state index is 0.00385. The maximum atomic E-state index is 6.47. The monoisotopic (exact) mass is 457 g/mol. The van der Waals surface area contributed by atoms with Crippen LogP contribution in [0.25, 0.3) is 11.1 Å². The zero-order valence-electron chi connectivity index (χ0n) is 17.3. The lowest BCUT2D eigenvalue weighted by molar-refractivity contribution is 0.673. The number of hydrogen-bond donors (Lipinski definition) is 0. The van der Waals surface area contributed by atoms with Crippen molar-refractivity contribution in [3.05, 3.63) is 137 Å². The first kappa shape index (κ1) is 20.6. The fourth-order valence-electron chi connectivity index (χ4n) is 4.11. The van der Waals surface area contributed by atoms with Gasteiger partial charge in [0.15, 0.2) is 0 Å². The Morgan fingerprint density at radius 2 is 1.59 bits per heavy atom. The zero-order valence-corrected chi connectivity index (χ0v) is 18.8. The van der Waals surface area contributed by atoms with E-state index in [9.17, 15) is 0 Å². The van der Waals surface area contributed by atoms with Crippen molar-refractivity contribution in [3.63, 3.8) is 0 Å². The van der Waals surface area contributed by atoms with E-state index in [2.05, 4.69) is 75.0 Å². The third-order valence-electron chi connectivity index (χ3n) is 5.60. The van der Waals surface area contributed by atoms with Crippen LogP contribution in [0.3, 0.4) is 0 Å². The molecule has 158 valence electrons. The topological polar surface area (TPSA) is 22.8 Å². The highest BCUT2D eigenvalue weighted by molar-refractivity contribution is 6.35. The molecule has 5 rings (SSSR count). The van der Waals surface area contributed by atoms with E-state index >= 15 is 0 Å². The third-order valence-corrected chi connectivity index (χ3v) is 6.18. The van der Waals surface area contributed by atoms with Crippen molar-refractivity contribution < 1.29 is 0 Å². The highest BCUT2D eigenvalue weighted by atomic mass is 35.5. The molecule has 0 aliphatic rings. The van der Waals surface area contributed by atoms with Gasteiger partial charge in [0.05, 0.1) is 12.4 Å². The van der Waals surface area contributed by atoms with Crippen LogP contribution >= 0.6 is 23.2 Å². The fourth-order valence-corrected chi connectivity index (χ4v) is 4.58. The van der Waals surface area contributed by atoms with Gasteiger partial charge >= 0.3 is 0 Å². The molecular formula is C27H21Cl2N3. The summed E-state index contributed by atoms with van der Waals surface area (Å²) < 4.78 is 4.34. The van der Waals surface area contributed by atoms with Gasteiger partial charge in [0.1, 0.15) is 0 Å². The fraction of sp³-hybridized carbons (Fsp3) is 0.0741. The molecule has 0 aliphatic heterocycles. The molecule has 0 N–H and O–H groups in total. The smallest absolute Gasteiger partial charge is 0.0954 e. The molecule has 0 saturated heterocycles. The first-order valence-electron chi connectivity index (χ1n) is 10.4. The number of rotatable bonds is 6. The number of imidazole rings is 1. The van der Waals surface area contributed by atoms with Crippen molar-refractivity contribution in [2.24, 2.45) is 0 Å². The van der Waals surface area contributed by atoms with Crippen molar-refractivity contribution >= 4 is 23.2 Å². The quantitative estimate of drug-likeness (QED) is 0.261. The molecule has 0 aliphatic carbocycles. The predicted molar refractivity (Wildman–Crippen MR) is 131 cm³/mol. The second-order valence-corrected chi connectivity index (χ2v) is 8.57. The van der Waals surface area contributed by atoms with Crippen molar-refractivity contribution in [2.75, 3.05) is 0 Å². The highest BCUT2D eigenvalue weighted by Crippen LogP contribution is 2.36. The SMILES string of the molecule is Clc1ccc(Cn2cc(-c3ccccc3)c([C@@H](c3ccccc3)n3ccnc3)c2)c(Cl)c1. The molecule has 0 bridgehead atoms. The van der Waals surface area contributed by atoms with Crippen LogP contribution in [-0.4, -0.2) is 14.1 Å². The Hall–Kier alpha value is -3.27. The van der Waals surface area contributed by atoms with Gasteiger partial charge in [-0.15, -0.1) is 0 Å². The zero-order chi connectivity index (χ0) is 21.9. The molecule has 2 heterocycles. The third kappa shape index (κ3) is 4.22. The number of hydrogen-bond acceptors (Lipinski definition) is 1. The van der Waals surface area contributed by atoms with E-state index in [1.165, 1.54) is 22.3 Å². The van der Waals surface area contributed by atoms with Crippen LogP contribution in [0.5, 0.6) is 0 Å². The summed E-state index contributed by atoms with van der Waals surface area (Å²) >= 11 is 12.6. The molecule has 0 unspecified atom stereocenters. The molecule has 2 aromatic heterocycles. The lowest BCUT2D eigenvalue weighted by atomic mass is 9.94. The Morgan fingerprint density at radius 1 is 0.844 bits per heavy atom. The molecule has 3 nitrogen and oxygen atoms in total. The van der Waals surface area contributed by atoms with Crippen molar-refractivity contribution in [2.45, 2.75) is 12.6 Å². The Kier molecular flexibility index (Phi) is 5.85. The normalized spacial score (nSPS) is 12.1. The summed E-state index contributed by atoms with van der Waals surface area (Å²) in [6, 6.07) is 26.6. The van der Waals surface area contributed by atoms with Gasteiger partial charge < -0.3 is 9.13 Å². The van der Waals surface area contributed by atoms with Crippen LogP contribution in [0.4, 0.5) is 0 Å². The molecule has 5 aromatic rings. The lowest BCUT2D eigenvalue weighted by Crippen LogP contribution is -2.11. The Labute approximate surface area is 197 Å². The molecule has 32 heavy (non-hydrogen) atoms. The second-order valence-electron chi connectivity index (χ2n) is 7.72. The van der Waals surface area contributed by atoms with Gasteiger partial charge in [-0.25, -0.2) is 4.98 Å². The van der Waals surface area contributed by atoms with E-state index in [0.717, 1.165) is 5.56 Å². The van der Waals surface area contributed by atoms with Gasteiger partial charge in [0, 0.05) is 52.5 Å². The van der Waals surface area contributed by atoms with E-state index in [-0.39, 0.29) is 6.04 Å². The van der Waals surface area contributed by atoms with Crippen LogP contribution in [0.1, 0.15) is 22.7 Å². The van der Waals surface area contributed by atoms with E-state index in [0.29, 0.717) is 16.6 Å². The molecule has 0 saturated carbocycles. The average Bonchev–Trinajstić information content (AvgIpc) is 3.48. The second kappa shape index (κ2) is 9.07. The maximum absolute atomic E-state index is 6.47. The average molecular weight is 458 g/mol. The molecule has 3 aromatic carbocycles. The summed E-state index contributed by atoms with van der Waals surface area (Å²) in [6.45, 7) is 0.654. The first-order valence-corrected chi connectivity index (χ1v) is 11.2. The van der Waals surface area contributed by atoms with Crippen LogP contribution in [0.2, 0.25) is 10.0 Å². The molecule has 1 atom stereocenters. The highest BCUT2D eigenvalue weighted by Gasteiger charge is 2.22. The summed E-state index contributed by atoms with van der Waals surface area (Å²) in [7, 11) is 0. The number of halogens is 2. The maximum Gasteiger partial charge on any atom is 0.0954 e.